The van der Waals surface area contributed by atoms with Crippen LogP contribution in [0.5, 0.6) is 0 Å². The minimum absolute atomic E-state index is 0.160. The molecule has 134 valence electrons. The summed E-state index contributed by atoms with van der Waals surface area (Å²) in [4.78, 5) is 19.6. The fourth-order valence-electron chi connectivity index (χ4n) is 3.02. The maximum Gasteiger partial charge on any atom is 0.292 e. The summed E-state index contributed by atoms with van der Waals surface area (Å²) in [7, 11) is 0. The van der Waals surface area contributed by atoms with Crippen LogP contribution >= 0.6 is 0 Å². The number of nitrogens with zero attached hydrogens (tertiary/aromatic N) is 5. The van der Waals surface area contributed by atoms with Crippen molar-refractivity contribution in [3.05, 3.63) is 46.1 Å². The van der Waals surface area contributed by atoms with Gasteiger partial charge in [-0.2, -0.15) is 4.98 Å². The molecule has 0 unspecified atom stereocenters. The molecular weight excluding hydrogens is 322 g/mol. The highest BCUT2D eigenvalue weighted by Crippen LogP contribution is 2.28. The third-order valence-corrected chi connectivity index (χ3v) is 4.25. The second kappa shape index (κ2) is 7.60. The molecule has 3 rings (SSSR count). The molecule has 1 aliphatic rings. The second-order valence-electron chi connectivity index (χ2n) is 6.71. The summed E-state index contributed by atoms with van der Waals surface area (Å²) in [5.41, 5.74) is 0.846. The predicted molar refractivity (Wildman–Crippen MR) is 93.4 cm³/mol. The molecule has 0 N–H and O–H groups in total. The number of piperazine rings is 1. The highest BCUT2D eigenvalue weighted by molar-refractivity contribution is 5.63. The van der Waals surface area contributed by atoms with Crippen molar-refractivity contribution in [3.63, 3.8) is 0 Å². The standard InChI is InChI=1S/C17H23N5O3/c1-13(2)11-17-18-16(19-25-17)12-20-7-9-21(10-8-20)14-5-3-4-6-15(14)22(23)24/h3-6,13H,7-12H2,1-2H3. The SMILES string of the molecule is CC(C)Cc1nc(CN2CCN(c3ccccc3[N+](=O)[O-])CC2)no1. The first-order chi connectivity index (χ1) is 12.0. The molecule has 0 radical (unpaired) electrons. The molecule has 1 saturated heterocycles. The lowest BCUT2D eigenvalue weighted by atomic mass is 10.1. The van der Waals surface area contributed by atoms with Gasteiger partial charge in [0.25, 0.3) is 5.69 Å². The normalized spacial score (nSPS) is 15.7. The summed E-state index contributed by atoms with van der Waals surface area (Å²) in [5.74, 6) is 1.87. The van der Waals surface area contributed by atoms with E-state index in [-0.39, 0.29) is 10.6 Å². The van der Waals surface area contributed by atoms with E-state index in [1.54, 1.807) is 12.1 Å². The molecule has 0 aliphatic carbocycles. The van der Waals surface area contributed by atoms with Gasteiger partial charge in [0.1, 0.15) is 5.69 Å². The third-order valence-electron chi connectivity index (χ3n) is 4.25. The van der Waals surface area contributed by atoms with Crippen molar-refractivity contribution in [1.29, 1.82) is 0 Å². The van der Waals surface area contributed by atoms with Crippen LogP contribution in [-0.4, -0.2) is 46.1 Å². The monoisotopic (exact) mass is 345 g/mol. The Labute approximate surface area is 146 Å². The minimum Gasteiger partial charge on any atom is -0.363 e. The van der Waals surface area contributed by atoms with Gasteiger partial charge >= 0.3 is 0 Å². The van der Waals surface area contributed by atoms with E-state index in [1.165, 1.54) is 0 Å². The lowest BCUT2D eigenvalue weighted by Crippen LogP contribution is -2.46. The van der Waals surface area contributed by atoms with Crippen LogP contribution < -0.4 is 4.90 Å². The average molecular weight is 345 g/mol. The van der Waals surface area contributed by atoms with Gasteiger partial charge in [-0.25, -0.2) is 0 Å². The summed E-state index contributed by atoms with van der Waals surface area (Å²) in [6.07, 6.45) is 0.790. The first kappa shape index (κ1) is 17.3. The van der Waals surface area contributed by atoms with E-state index in [2.05, 4.69) is 33.8 Å². The molecule has 8 nitrogen and oxygen atoms in total. The Morgan fingerprint density at radius 3 is 2.64 bits per heavy atom. The van der Waals surface area contributed by atoms with E-state index in [1.807, 2.05) is 12.1 Å². The first-order valence-electron chi connectivity index (χ1n) is 8.55. The first-order valence-corrected chi connectivity index (χ1v) is 8.55. The van der Waals surface area contributed by atoms with Crippen molar-refractivity contribution in [2.24, 2.45) is 5.92 Å². The molecule has 0 spiro atoms. The maximum absolute atomic E-state index is 11.2. The number of rotatable bonds is 6. The Balaban J connectivity index is 1.57. The molecule has 0 amide bonds. The van der Waals surface area contributed by atoms with Gasteiger partial charge in [0.05, 0.1) is 11.5 Å². The van der Waals surface area contributed by atoms with E-state index < -0.39 is 0 Å². The van der Waals surface area contributed by atoms with Crippen LogP contribution in [0.25, 0.3) is 0 Å². The Morgan fingerprint density at radius 2 is 1.96 bits per heavy atom. The molecule has 0 bridgehead atoms. The van der Waals surface area contributed by atoms with E-state index in [0.717, 1.165) is 32.6 Å². The van der Waals surface area contributed by atoms with Crippen LogP contribution in [0.4, 0.5) is 11.4 Å². The lowest BCUT2D eigenvalue weighted by Gasteiger charge is -2.35. The molecular formula is C17H23N5O3. The molecule has 1 aromatic carbocycles. The maximum atomic E-state index is 11.2. The molecule has 1 fully saturated rings. The van der Waals surface area contributed by atoms with Crippen LogP contribution in [0.3, 0.4) is 0 Å². The number of nitro benzene ring substituents is 1. The van der Waals surface area contributed by atoms with Gasteiger partial charge in [-0.3, -0.25) is 15.0 Å². The van der Waals surface area contributed by atoms with Crippen molar-refractivity contribution in [2.45, 2.75) is 26.8 Å². The van der Waals surface area contributed by atoms with Crippen LogP contribution in [-0.2, 0) is 13.0 Å². The molecule has 0 saturated carbocycles. The summed E-state index contributed by atoms with van der Waals surface area (Å²) in [6, 6.07) is 6.90. The molecule has 1 aliphatic heterocycles. The van der Waals surface area contributed by atoms with Crippen molar-refractivity contribution in [1.82, 2.24) is 15.0 Å². The average Bonchev–Trinajstić information content (AvgIpc) is 3.01. The van der Waals surface area contributed by atoms with E-state index in [4.69, 9.17) is 4.52 Å². The third kappa shape index (κ3) is 4.33. The number of anilines is 1. The fraction of sp³-hybridized carbons (Fsp3) is 0.529. The lowest BCUT2D eigenvalue weighted by molar-refractivity contribution is -0.384. The Hall–Kier alpha value is -2.48. The van der Waals surface area contributed by atoms with Crippen LogP contribution in [0.1, 0.15) is 25.6 Å². The quantitative estimate of drug-likeness (QED) is 0.587. The zero-order valence-corrected chi connectivity index (χ0v) is 14.6. The number of benzene rings is 1. The van der Waals surface area contributed by atoms with E-state index in [9.17, 15) is 10.1 Å². The topological polar surface area (TPSA) is 88.5 Å². The largest absolute Gasteiger partial charge is 0.363 e. The van der Waals surface area contributed by atoms with Gasteiger partial charge < -0.3 is 9.42 Å². The smallest absolute Gasteiger partial charge is 0.292 e. The number of nitro groups is 1. The summed E-state index contributed by atoms with van der Waals surface area (Å²) in [5, 5.41) is 15.2. The summed E-state index contributed by atoms with van der Waals surface area (Å²) in [6.45, 7) is 7.97. The zero-order chi connectivity index (χ0) is 17.8. The van der Waals surface area contributed by atoms with E-state index in [0.29, 0.717) is 29.9 Å². The molecule has 1 aromatic heterocycles. The van der Waals surface area contributed by atoms with Gasteiger partial charge in [0.15, 0.2) is 5.82 Å². The van der Waals surface area contributed by atoms with Gasteiger partial charge in [-0.15, -0.1) is 0 Å². The number of para-hydroxylation sites is 2. The van der Waals surface area contributed by atoms with Crippen molar-refractivity contribution >= 4 is 11.4 Å². The van der Waals surface area contributed by atoms with Crippen LogP contribution in [0, 0.1) is 16.0 Å². The number of aromatic nitrogens is 2. The van der Waals surface area contributed by atoms with Crippen LogP contribution in [0.2, 0.25) is 0 Å². The van der Waals surface area contributed by atoms with Crippen molar-refractivity contribution in [2.75, 3.05) is 31.1 Å². The molecule has 8 heteroatoms. The van der Waals surface area contributed by atoms with Crippen molar-refractivity contribution in [3.8, 4) is 0 Å². The molecule has 2 aromatic rings. The Kier molecular flexibility index (Phi) is 5.28. The van der Waals surface area contributed by atoms with Crippen LogP contribution in [0.15, 0.2) is 28.8 Å². The summed E-state index contributed by atoms with van der Waals surface area (Å²) < 4.78 is 5.28. The van der Waals surface area contributed by atoms with Gasteiger partial charge in [-0.1, -0.05) is 31.1 Å². The van der Waals surface area contributed by atoms with Gasteiger partial charge in [0, 0.05) is 38.7 Å². The van der Waals surface area contributed by atoms with Gasteiger partial charge in [0.2, 0.25) is 5.89 Å². The Morgan fingerprint density at radius 1 is 1.24 bits per heavy atom. The number of hydrogen-bond acceptors (Lipinski definition) is 7. The molecule has 2 heterocycles. The highest BCUT2D eigenvalue weighted by atomic mass is 16.6. The fourth-order valence-corrected chi connectivity index (χ4v) is 3.02. The Bertz CT molecular complexity index is 723. The predicted octanol–water partition coefficient (Wildman–Crippen LogP) is 2.50. The molecule has 0 atom stereocenters. The van der Waals surface area contributed by atoms with E-state index >= 15 is 0 Å². The molecule has 25 heavy (non-hydrogen) atoms. The zero-order valence-electron chi connectivity index (χ0n) is 14.6. The minimum atomic E-state index is -0.322. The second-order valence-corrected chi connectivity index (χ2v) is 6.71. The highest BCUT2D eigenvalue weighted by Gasteiger charge is 2.24. The number of hydrogen-bond donors (Lipinski definition) is 0. The summed E-state index contributed by atoms with van der Waals surface area (Å²) >= 11 is 0. The van der Waals surface area contributed by atoms with Gasteiger partial charge in [-0.05, 0) is 12.0 Å². The van der Waals surface area contributed by atoms with Crippen molar-refractivity contribution < 1.29 is 9.45 Å².